The number of halogens is 1. The number of aliphatic hydroxyl groups is 2. The molecule has 42 heavy (non-hydrogen) atoms. The van der Waals surface area contributed by atoms with E-state index in [1.807, 2.05) is 0 Å². The van der Waals surface area contributed by atoms with Gasteiger partial charge >= 0.3 is 0 Å². The first-order valence-electron chi connectivity index (χ1n) is 17.6. The highest BCUT2D eigenvalue weighted by Crippen LogP contribution is 2.14. The van der Waals surface area contributed by atoms with Gasteiger partial charge in [0.25, 0.3) is 5.91 Å². The molecule has 0 saturated heterocycles. The zero-order valence-corrected chi connectivity index (χ0v) is 28.4. The molecule has 0 spiro atoms. The summed E-state index contributed by atoms with van der Waals surface area (Å²) in [7, 11) is 0. The molecule has 0 aliphatic rings. The van der Waals surface area contributed by atoms with E-state index in [0.29, 0.717) is 0 Å². The molecule has 0 unspecified atom stereocenters. The molecule has 0 saturated carbocycles. The van der Waals surface area contributed by atoms with Crippen LogP contribution >= 0.6 is 12.4 Å². The molecule has 0 radical (unpaired) electrons. The minimum absolute atomic E-state index is 0. The lowest BCUT2D eigenvalue weighted by Crippen LogP contribution is -2.66. The molecule has 0 aromatic heterocycles. The van der Waals surface area contributed by atoms with Crippen LogP contribution in [0.5, 0.6) is 0 Å². The van der Waals surface area contributed by atoms with E-state index in [2.05, 4.69) is 24.5 Å². The predicted molar refractivity (Wildman–Crippen MR) is 179 cm³/mol. The van der Waals surface area contributed by atoms with Crippen LogP contribution in [0, 0.1) is 0 Å². The van der Waals surface area contributed by atoms with Crippen LogP contribution in [0.4, 0.5) is 0 Å². The minimum Gasteiger partial charge on any atom is -0.351 e. The van der Waals surface area contributed by atoms with Crippen LogP contribution in [0.3, 0.4) is 0 Å². The molecule has 0 atom stereocenters. The largest absolute Gasteiger partial charge is 0.351 e. The maximum Gasteiger partial charge on any atom is 0.260 e. The van der Waals surface area contributed by atoms with Crippen LogP contribution in [0.25, 0.3) is 0 Å². The highest BCUT2D eigenvalue weighted by atomic mass is 35.5. The van der Waals surface area contributed by atoms with Crippen molar-refractivity contribution >= 4 is 24.2 Å². The summed E-state index contributed by atoms with van der Waals surface area (Å²) in [5, 5.41) is 24.7. The van der Waals surface area contributed by atoms with Gasteiger partial charge in [0.2, 0.25) is 11.8 Å². The van der Waals surface area contributed by atoms with Gasteiger partial charge in [-0.3, -0.25) is 15.3 Å². The molecule has 2 amide bonds. The molecule has 0 aliphatic carbocycles. The van der Waals surface area contributed by atoms with E-state index in [1.165, 1.54) is 128 Å². The van der Waals surface area contributed by atoms with Crippen molar-refractivity contribution in [1.82, 2.24) is 10.6 Å². The first-order chi connectivity index (χ1) is 19.8. The van der Waals surface area contributed by atoms with E-state index in [0.717, 1.165) is 38.5 Å². The average Bonchev–Trinajstić information content (AvgIpc) is 2.93. The Morgan fingerprint density at radius 1 is 0.500 bits per heavy atom. The van der Waals surface area contributed by atoms with Gasteiger partial charge in [-0.25, -0.2) is 0 Å². The van der Waals surface area contributed by atoms with Crippen molar-refractivity contribution in [3.63, 3.8) is 0 Å². The van der Waals surface area contributed by atoms with Crippen LogP contribution in [0.2, 0.25) is 0 Å². The first kappa shape index (κ1) is 43.2. The molecule has 0 rings (SSSR count). The smallest absolute Gasteiger partial charge is 0.260 e. The number of amides is 2. The second-order valence-corrected chi connectivity index (χ2v) is 12.3. The summed E-state index contributed by atoms with van der Waals surface area (Å²) in [6.45, 7) is 4.50. The van der Waals surface area contributed by atoms with E-state index in [1.54, 1.807) is 0 Å². The normalized spacial score (nSPS) is 11.5. The summed E-state index contributed by atoms with van der Waals surface area (Å²) in [5.41, 5.74) is 5.41. The van der Waals surface area contributed by atoms with E-state index in [9.17, 15) is 19.8 Å². The van der Waals surface area contributed by atoms with Gasteiger partial charge in [-0.05, 0) is 12.8 Å². The Morgan fingerprint density at radius 2 is 0.714 bits per heavy atom. The van der Waals surface area contributed by atoms with Crippen LogP contribution < -0.4 is 16.4 Å². The summed E-state index contributed by atoms with van der Waals surface area (Å²) < 4.78 is 0. The van der Waals surface area contributed by atoms with Gasteiger partial charge in [-0.1, -0.05) is 168 Å². The fourth-order valence-electron chi connectivity index (χ4n) is 5.32. The molecule has 8 heteroatoms. The highest BCUT2D eigenvalue weighted by Gasteiger charge is 2.32. The number of carbonyl (C=O) groups excluding carboxylic acids is 2. The lowest BCUT2D eigenvalue weighted by Gasteiger charge is -2.29. The highest BCUT2D eigenvalue weighted by molar-refractivity contribution is 5.85. The maximum atomic E-state index is 12.3. The van der Waals surface area contributed by atoms with Gasteiger partial charge in [0, 0.05) is 12.8 Å². The molecular formula is C34H70ClN3O4. The third-order valence-corrected chi connectivity index (χ3v) is 8.05. The fraction of sp³-hybridized carbons (Fsp3) is 0.941. The van der Waals surface area contributed by atoms with Crippen LogP contribution in [-0.4, -0.2) is 34.1 Å². The Labute approximate surface area is 265 Å². The summed E-state index contributed by atoms with van der Waals surface area (Å²) in [4.78, 5) is 24.7. The molecule has 7 nitrogen and oxygen atoms in total. The lowest BCUT2D eigenvalue weighted by atomic mass is 10.0. The summed E-state index contributed by atoms with van der Waals surface area (Å²) >= 11 is 0. The summed E-state index contributed by atoms with van der Waals surface area (Å²) in [6.07, 6.45) is 31.1. The SMILES string of the molecule is CCCCCCCCCCCCCCCC(=O)NC(NC(=O)CCCCCCCCCCCCCCC)C(N)(O)O.Cl. The minimum atomic E-state index is -2.71. The van der Waals surface area contributed by atoms with E-state index < -0.39 is 12.1 Å². The number of nitrogens with one attached hydrogen (secondary N) is 2. The van der Waals surface area contributed by atoms with Crippen molar-refractivity contribution in [2.24, 2.45) is 5.73 Å². The molecule has 0 aliphatic heterocycles. The second kappa shape index (κ2) is 31.5. The van der Waals surface area contributed by atoms with Crippen LogP contribution in [0.1, 0.15) is 194 Å². The van der Waals surface area contributed by atoms with Gasteiger partial charge in [0.05, 0.1) is 0 Å². The second-order valence-electron chi connectivity index (χ2n) is 12.3. The molecular weight excluding hydrogens is 550 g/mol. The molecule has 0 aromatic carbocycles. The van der Waals surface area contributed by atoms with E-state index >= 15 is 0 Å². The number of nitrogens with two attached hydrogens (primary N) is 1. The van der Waals surface area contributed by atoms with E-state index in [-0.39, 0.29) is 37.1 Å². The average molecular weight is 620 g/mol. The monoisotopic (exact) mass is 620 g/mol. The Bertz CT molecular complexity index is 558. The zero-order valence-electron chi connectivity index (χ0n) is 27.6. The Hall–Kier alpha value is -0.890. The third-order valence-electron chi connectivity index (χ3n) is 8.05. The van der Waals surface area contributed by atoms with Gasteiger partial charge in [0.15, 0.2) is 6.17 Å². The fourth-order valence-corrected chi connectivity index (χ4v) is 5.32. The Kier molecular flexibility index (Phi) is 32.5. The summed E-state index contributed by atoms with van der Waals surface area (Å²) in [5.74, 6) is -3.38. The molecule has 252 valence electrons. The molecule has 0 heterocycles. The van der Waals surface area contributed by atoms with Gasteiger partial charge in [-0.15, -0.1) is 12.4 Å². The van der Waals surface area contributed by atoms with Gasteiger partial charge in [0.1, 0.15) is 0 Å². The number of hydrogen-bond donors (Lipinski definition) is 5. The van der Waals surface area contributed by atoms with Crippen molar-refractivity contribution in [2.45, 2.75) is 206 Å². The lowest BCUT2D eigenvalue weighted by molar-refractivity contribution is -0.188. The molecule has 6 N–H and O–H groups in total. The molecule has 0 fully saturated rings. The molecule has 0 aromatic rings. The van der Waals surface area contributed by atoms with Crippen molar-refractivity contribution in [3.05, 3.63) is 0 Å². The first-order valence-corrected chi connectivity index (χ1v) is 17.6. The number of carbonyl (C=O) groups is 2. The van der Waals surface area contributed by atoms with Crippen molar-refractivity contribution in [1.29, 1.82) is 0 Å². The standard InChI is InChI=1S/C34H69N3O4.ClH/c1-3-5-7-9-11-13-15-17-19-21-23-25-27-29-31(38)36-33(34(35,40)41)37-32(39)30-28-26-24-22-20-18-16-14-12-10-8-6-4-2;/h33,40-41H,3-30,35H2,1-2H3,(H,36,38)(H,37,39);1H. The topological polar surface area (TPSA) is 125 Å². The number of unbranched alkanes of at least 4 members (excludes halogenated alkanes) is 24. The van der Waals surface area contributed by atoms with Crippen LogP contribution in [0.15, 0.2) is 0 Å². The number of hydrogen-bond acceptors (Lipinski definition) is 5. The Morgan fingerprint density at radius 3 is 0.929 bits per heavy atom. The van der Waals surface area contributed by atoms with Crippen LogP contribution in [-0.2, 0) is 9.59 Å². The quantitative estimate of drug-likeness (QED) is 0.0393. The maximum absolute atomic E-state index is 12.3. The zero-order chi connectivity index (χ0) is 30.4. The van der Waals surface area contributed by atoms with Crippen molar-refractivity contribution < 1.29 is 19.8 Å². The van der Waals surface area contributed by atoms with Gasteiger partial charge < -0.3 is 20.8 Å². The van der Waals surface area contributed by atoms with Crippen molar-refractivity contribution in [3.8, 4) is 0 Å². The number of rotatable bonds is 31. The van der Waals surface area contributed by atoms with E-state index in [4.69, 9.17) is 5.73 Å². The van der Waals surface area contributed by atoms with Gasteiger partial charge in [-0.2, -0.15) is 0 Å². The Balaban J connectivity index is 0. The third kappa shape index (κ3) is 30.6. The predicted octanol–water partition coefficient (Wildman–Crippen LogP) is 8.53. The summed E-state index contributed by atoms with van der Waals surface area (Å²) in [6, 6.07) is 0. The molecule has 0 bridgehead atoms. The van der Waals surface area contributed by atoms with Crippen molar-refractivity contribution in [2.75, 3.05) is 0 Å².